The van der Waals surface area contributed by atoms with Crippen LogP contribution in [-0.4, -0.2) is 14.5 Å². The van der Waals surface area contributed by atoms with E-state index in [-0.39, 0.29) is 0 Å². The first-order valence-electron chi connectivity index (χ1n) is 9.91. The summed E-state index contributed by atoms with van der Waals surface area (Å²) in [6.07, 6.45) is 12.0. The molecule has 2 heterocycles. The molecule has 1 saturated carbocycles. The van der Waals surface area contributed by atoms with Crippen molar-refractivity contribution in [3.8, 4) is 5.69 Å². The van der Waals surface area contributed by atoms with E-state index < -0.39 is 0 Å². The molecule has 0 bridgehead atoms. The molecule has 0 aliphatic heterocycles. The van der Waals surface area contributed by atoms with Crippen LogP contribution < -0.4 is 0 Å². The second kappa shape index (κ2) is 6.31. The number of aromatic amines is 1. The van der Waals surface area contributed by atoms with E-state index in [1.165, 1.54) is 65.3 Å². The van der Waals surface area contributed by atoms with Crippen molar-refractivity contribution in [2.45, 2.75) is 51.4 Å². The number of aromatic nitrogens is 3. The fraction of sp³-hybridized carbons (Fsp3) is 0.348. The van der Waals surface area contributed by atoms with Crippen LogP contribution in [0.2, 0.25) is 0 Å². The highest BCUT2D eigenvalue weighted by Crippen LogP contribution is 2.37. The molecular formula is C23H25N3. The van der Waals surface area contributed by atoms with E-state index in [0.717, 1.165) is 11.9 Å². The van der Waals surface area contributed by atoms with Crippen LogP contribution in [0.4, 0.5) is 0 Å². The molecule has 26 heavy (non-hydrogen) atoms. The molecule has 0 unspecified atom stereocenters. The van der Waals surface area contributed by atoms with Crippen molar-refractivity contribution in [3.05, 3.63) is 60.0 Å². The summed E-state index contributed by atoms with van der Waals surface area (Å²) in [5.41, 5.74) is 7.53. The van der Waals surface area contributed by atoms with E-state index in [1.807, 2.05) is 6.33 Å². The van der Waals surface area contributed by atoms with Gasteiger partial charge in [-0.1, -0.05) is 32.3 Å². The lowest BCUT2D eigenvalue weighted by atomic mass is 9.84. The van der Waals surface area contributed by atoms with Gasteiger partial charge in [0.25, 0.3) is 0 Å². The van der Waals surface area contributed by atoms with Gasteiger partial charge < -0.3 is 4.98 Å². The fourth-order valence-electron chi connectivity index (χ4n) is 4.52. The first-order valence-corrected chi connectivity index (χ1v) is 9.91. The van der Waals surface area contributed by atoms with Crippen LogP contribution in [0.15, 0.2) is 48.9 Å². The van der Waals surface area contributed by atoms with E-state index in [1.54, 1.807) is 0 Å². The molecule has 0 saturated heterocycles. The number of fused-ring (bicyclic) bond motifs is 2. The zero-order chi connectivity index (χ0) is 17.5. The van der Waals surface area contributed by atoms with Crippen molar-refractivity contribution in [2.75, 3.05) is 0 Å². The summed E-state index contributed by atoms with van der Waals surface area (Å²) in [7, 11) is 0. The maximum atomic E-state index is 4.64. The van der Waals surface area contributed by atoms with Gasteiger partial charge in [-0.05, 0) is 66.6 Å². The quantitative estimate of drug-likeness (QED) is 0.478. The highest BCUT2D eigenvalue weighted by Gasteiger charge is 2.19. The Morgan fingerprint density at radius 1 is 1.08 bits per heavy atom. The number of H-pyrrole nitrogens is 1. The third-order valence-corrected chi connectivity index (χ3v) is 6.04. The second-order valence-electron chi connectivity index (χ2n) is 7.60. The van der Waals surface area contributed by atoms with Gasteiger partial charge in [0, 0.05) is 22.8 Å². The highest BCUT2D eigenvalue weighted by atomic mass is 15.0. The predicted octanol–water partition coefficient (Wildman–Crippen LogP) is 6.12. The van der Waals surface area contributed by atoms with Gasteiger partial charge in [0.15, 0.2) is 0 Å². The number of nitrogens with zero attached hydrogens (tertiary/aromatic N) is 2. The molecule has 0 atom stereocenters. The van der Waals surface area contributed by atoms with Crippen LogP contribution in [0, 0.1) is 0 Å². The molecule has 132 valence electrons. The third kappa shape index (κ3) is 2.54. The number of aryl methyl sites for hydroxylation is 1. The molecule has 0 amide bonds. The molecule has 1 aliphatic rings. The second-order valence-corrected chi connectivity index (χ2v) is 7.60. The summed E-state index contributed by atoms with van der Waals surface area (Å²) in [4.78, 5) is 8.12. The van der Waals surface area contributed by atoms with Gasteiger partial charge in [-0.25, -0.2) is 4.98 Å². The predicted molar refractivity (Wildman–Crippen MR) is 108 cm³/mol. The molecule has 4 aromatic rings. The zero-order valence-corrected chi connectivity index (χ0v) is 15.3. The molecule has 3 heteroatoms. The number of rotatable bonds is 3. The van der Waals surface area contributed by atoms with Crippen LogP contribution in [0.1, 0.15) is 56.1 Å². The van der Waals surface area contributed by atoms with Crippen LogP contribution in [0.25, 0.3) is 27.6 Å². The lowest BCUT2D eigenvalue weighted by Gasteiger charge is -2.21. The minimum atomic E-state index is 0.708. The Kier molecular flexibility index (Phi) is 3.81. The molecule has 2 aromatic carbocycles. The minimum absolute atomic E-state index is 0.708. The van der Waals surface area contributed by atoms with E-state index in [4.69, 9.17) is 0 Å². The first kappa shape index (κ1) is 15.7. The molecule has 3 nitrogen and oxygen atoms in total. The van der Waals surface area contributed by atoms with Crippen molar-refractivity contribution in [2.24, 2.45) is 0 Å². The van der Waals surface area contributed by atoms with Crippen molar-refractivity contribution < 1.29 is 0 Å². The highest BCUT2D eigenvalue weighted by molar-refractivity contribution is 5.87. The maximum absolute atomic E-state index is 4.64. The Hall–Kier alpha value is -2.55. The van der Waals surface area contributed by atoms with Crippen LogP contribution >= 0.6 is 0 Å². The molecule has 0 radical (unpaired) electrons. The van der Waals surface area contributed by atoms with Gasteiger partial charge in [0.2, 0.25) is 0 Å². The smallest absolute Gasteiger partial charge is 0.100 e. The number of hydrogen-bond acceptors (Lipinski definition) is 1. The Bertz CT molecular complexity index is 1060. The Balaban J connectivity index is 1.61. The number of hydrogen-bond donors (Lipinski definition) is 1. The number of nitrogens with one attached hydrogen (secondary N) is 1. The van der Waals surface area contributed by atoms with E-state index in [2.05, 4.69) is 64.1 Å². The molecular weight excluding hydrogens is 318 g/mol. The minimum Gasteiger partial charge on any atom is -0.361 e. The lowest BCUT2D eigenvalue weighted by molar-refractivity contribution is 0.445. The summed E-state index contributed by atoms with van der Waals surface area (Å²) in [6.45, 7) is 2.19. The summed E-state index contributed by atoms with van der Waals surface area (Å²) < 4.78 is 2.21. The van der Waals surface area contributed by atoms with E-state index in [0.29, 0.717) is 5.92 Å². The number of benzene rings is 2. The van der Waals surface area contributed by atoms with Crippen molar-refractivity contribution in [1.29, 1.82) is 0 Å². The SMILES string of the molecule is CCc1ccc2c(c1)ncn2-c1ccc2[nH]cc(C3CCCCC3)c2c1. The van der Waals surface area contributed by atoms with E-state index in [9.17, 15) is 0 Å². The molecule has 1 fully saturated rings. The maximum Gasteiger partial charge on any atom is 0.100 e. The topological polar surface area (TPSA) is 33.6 Å². The average Bonchev–Trinajstić information content (AvgIpc) is 3.31. The summed E-state index contributed by atoms with van der Waals surface area (Å²) in [5.74, 6) is 0.708. The average molecular weight is 343 g/mol. The Morgan fingerprint density at radius 2 is 1.96 bits per heavy atom. The third-order valence-electron chi connectivity index (χ3n) is 6.04. The number of imidazole rings is 1. The normalized spacial score (nSPS) is 15.9. The molecule has 2 aromatic heterocycles. The van der Waals surface area contributed by atoms with E-state index >= 15 is 0 Å². The van der Waals surface area contributed by atoms with Crippen molar-refractivity contribution in [3.63, 3.8) is 0 Å². The van der Waals surface area contributed by atoms with Gasteiger partial charge in [0.1, 0.15) is 6.33 Å². The van der Waals surface area contributed by atoms with Crippen molar-refractivity contribution in [1.82, 2.24) is 14.5 Å². The van der Waals surface area contributed by atoms with Crippen molar-refractivity contribution >= 4 is 21.9 Å². The molecule has 0 spiro atoms. The summed E-state index contributed by atoms with van der Waals surface area (Å²) in [5, 5.41) is 1.38. The van der Waals surface area contributed by atoms with Gasteiger partial charge in [-0.2, -0.15) is 0 Å². The summed E-state index contributed by atoms with van der Waals surface area (Å²) in [6, 6.07) is 13.4. The summed E-state index contributed by atoms with van der Waals surface area (Å²) >= 11 is 0. The largest absolute Gasteiger partial charge is 0.361 e. The molecule has 1 aliphatic carbocycles. The lowest BCUT2D eigenvalue weighted by Crippen LogP contribution is -2.03. The van der Waals surface area contributed by atoms with Gasteiger partial charge in [-0.3, -0.25) is 4.57 Å². The first-order chi connectivity index (χ1) is 12.8. The fourth-order valence-corrected chi connectivity index (χ4v) is 4.52. The molecule has 5 rings (SSSR count). The van der Waals surface area contributed by atoms with Gasteiger partial charge in [-0.15, -0.1) is 0 Å². The Labute approximate surface area is 154 Å². The van der Waals surface area contributed by atoms with Crippen LogP contribution in [0.5, 0.6) is 0 Å². The monoisotopic (exact) mass is 343 g/mol. The standard InChI is InChI=1S/C23H25N3/c1-2-16-8-11-23-22(12-16)25-15-26(23)18-9-10-21-19(13-18)20(14-24-21)17-6-4-3-5-7-17/h8-15,17,24H,2-7H2,1H3. The Morgan fingerprint density at radius 3 is 2.81 bits per heavy atom. The van der Waals surface area contributed by atoms with Gasteiger partial charge >= 0.3 is 0 Å². The molecule has 1 N–H and O–H groups in total. The van der Waals surface area contributed by atoms with Crippen LogP contribution in [-0.2, 0) is 6.42 Å². The van der Waals surface area contributed by atoms with Crippen LogP contribution in [0.3, 0.4) is 0 Å². The van der Waals surface area contributed by atoms with Gasteiger partial charge in [0.05, 0.1) is 11.0 Å². The zero-order valence-electron chi connectivity index (χ0n) is 15.3.